The van der Waals surface area contributed by atoms with E-state index < -0.39 is 0 Å². The van der Waals surface area contributed by atoms with E-state index in [1.165, 1.54) is 19.3 Å². The molecule has 3 N–H and O–H groups in total. The molecule has 0 aromatic heterocycles. The summed E-state index contributed by atoms with van der Waals surface area (Å²) in [6.45, 7) is 1.84. The molecule has 86 valence electrons. The van der Waals surface area contributed by atoms with Gasteiger partial charge in [0.25, 0.3) is 0 Å². The molecule has 15 heavy (non-hydrogen) atoms. The first-order chi connectivity index (χ1) is 7.15. The predicted molar refractivity (Wildman–Crippen MR) is 65.6 cm³/mol. The predicted octanol–water partition coefficient (Wildman–Crippen LogP) is 1.75. The number of nitrogens with one attached hydrogen (secondary N) is 1. The van der Waals surface area contributed by atoms with Crippen molar-refractivity contribution in [3.05, 3.63) is 0 Å². The van der Waals surface area contributed by atoms with Gasteiger partial charge in [-0.25, -0.2) is 0 Å². The lowest BCUT2D eigenvalue weighted by molar-refractivity contribution is -0.121. The van der Waals surface area contributed by atoms with Gasteiger partial charge in [0.2, 0.25) is 5.91 Å². The second-order valence-electron chi connectivity index (χ2n) is 4.20. The zero-order chi connectivity index (χ0) is 11.3. The number of carbonyl (C=O) groups is 1. The molecule has 0 aliphatic heterocycles. The van der Waals surface area contributed by atoms with E-state index in [9.17, 15) is 4.79 Å². The van der Waals surface area contributed by atoms with Crippen LogP contribution in [0, 0.1) is 5.92 Å². The third kappa shape index (κ3) is 3.78. The minimum Gasteiger partial charge on any atom is -0.392 e. The number of hydrogen-bond donors (Lipinski definition) is 2. The zero-order valence-electron chi connectivity index (χ0n) is 9.29. The topological polar surface area (TPSA) is 55.1 Å². The lowest BCUT2D eigenvalue weighted by atomic mass is 9.84. The van der Waals surface area contributed by atoms with Gasteiger partial charge in [-0.3, -0.25) is 4.79 Å². The van der Waals surface area contributed by atoms with Crippen LogP contribution in [0.4, 0.5) is 0 Å². The van der Waals surface area contributed by atoms with Crippen LogP contribution in [0.1, 0.15) is 45.4 Å². The second kappa shape index (κ2) is 6.05. The van der Waals surface area contributed by atoms with Gasteiger partial charge in [0.1, 0.15) is 0 Å². The van der Waals surface area contributed by atoms with E-state index in [-0.39, 0.29) is 11.9 Å². The summed E-state index contributed by atoms with van der Waals surface area (Å²) in [5.41, 5.74) is 5.69. The van der Waals surface area contributed by atoms with Crippen molar-refractivity contribution < 1.29 is 4.79 Å². The summed E-state index contributed by atoms with van der Waals surface area (Å²) >= 11 is 5.03. The zero-order valence-corrected chi connectivity index (χ0v) is 10.1. The molecule has 1 unspecified atom stereocenters. The van der Waals surface area contributed by atoms with Crippen molar-refractivity contribution in [1.82, 2.24) is 5.32 Å². The molecule has 1 rings (SSSR count). The first-order valence-electron chi connectivity index (χ1n) is 5.73. The summed E-state index contributed by atoms with van der Waals surface area (Å²) in [5, 5.41) is 2.93. The molecule has 1 atom stereocenters. The van der Waals surface area contributed by atoms with E-state index in [2.05, 4.69) is 5.32 Å². The Morgan fingerprint density at radius 3 is 2.53 bits per heavy atom. The molecule has 0 saturated heterocycles. The average Bonchev–Trinajstić information content (AvgIpc) is 2.26. The lowest BCUT2D eigenvalue weighted by Crippen LogP contribution is -2.48. The maximum absolute atomic E-state index is 11.3. The van der Waals surface area contributed by atoms with E-state index in [0.717, 1.165) is 12.8 Å². The van der Waals surface area contributed by atoms with Gasteiger partial charge in [-0.15, -0.1) is 0 Å². The quantitative estimate of drug-likeness (QED) is 0.721. The van der Waals surface area contributed by atoms with Gasteiger partial charge in [-0.2, -0.15) is 0 Å². The monoisotopic (exact) mass is 228 g/mol. The van der Waals surface area contributed by atoms with Crippen LogP contribution >= 0.6 is 12.2 Å². The highest BCUT2D eigenvalue weighted by atomic mass is 32.1. The van der Waals surface area contributed by atoms with Crippen molar-refractivity contribution in [2.45, 2.75) is 51.5 Å². The van der Waals surface area contributed by atoms with E-state index >= 15 is 0 Å². The molecular weight excluding hydrogens is 208 g/mol. The fourth-order valence-electron chi connectivity index (χ4n) is 2.16. The minimum absolute atomic E-state index is 0.0402. The summed E-state index contributed by atoms with van der Waals surface area (Å²) in [5.74, 6) is 0.491. The fourth-order valence-corrected chi connectivity index (χ4v) is 2.42. The Morgan fingerprint density at radius 2 is 2.07 bits per heavy atom. The fraction of sp³-hybridized carbons (Fsp3) is 0.818. The van der Waals surface area contributed by atoms with E-state index in [1.807, 2.05) is 6.92 Å². The van der Waals surface area contributed by atoms with E-state index in [4.69, 9.17) is 18.0 Å². The standard InChI is InChI=1S/C11H20N2OS/c1-2-9(14)13-10(11(12)15)8-6-4-3-5-7-8/h8,10H,2-7H2,1H3,(H2,12,15)(H,13,14). The Bertz CT molecular complexity index is 237. The van der Waals surface area contributed by atoms with Crippen LogP contribution in [-0.2, 0) is 4.79 Å². The van der Waals surface area contributed by atoms with Crippen molar-refractivity contribution in [3.63, 3.8) is 0 Å². The number of thiocarbonyl (C=S) groups is 1. The number of nitrogens with two attached hydrogens (primary N) is 1. The summed E-state index contributed by atoms with van der Waals surface area (Å²) in [6, 6.07) is -0.0900. The van der Waals surface area contributed by atoms with Crippen LogP contribution in [0.2, 0.25) is 0 Å². The molecule has 1 aliphatic rings. The van der Waals surface area contributed by atoms with Gasteiger partial charge in [0.05, 0.1) is 11.0 Å². The molecular formula is C11H20N2OS. The minimum atomic E-state index is -0.0900. The summed E-state index contributed by atoms with van der Waals surface area (Å²) < 4.78 is 0. The van der Waals surface area contributed by atoms with Crippen molar-refractivity contribution in [1.29, 1.82) is 0 Å². The molecule has 1 saturated carbocycles. The molecule has 0 radical (unpaired) electrons. The van der Waals surface area contributed by atoms with Crippen LogP contribution in [0.25, 0.3) is 0 Å². The lowest BCUT2D eigenvalue weighted by Gasteiger charge is -2.30. The highest BCUT2D eigenvalue weighted by molar-refractivity contribution is 7.80. The maximum atomic E-state index is 11.3. The Labute approximate surface area is 96.8 Å². The molecule has 1 fully saturated rings. The molecule has 0 heterocycles. The first kappa shape index (κ1) is 12.4. The van der Waals surface area contributed by atoms with Crippen LogP contribution < -0.4 is 11.1 Å². The van der Waals surface area contributed by atoms with Crippen LogP contribution in [-0.4, -0.2) is 16.9 Å². The smallest absolute Gasteiger partial charge is 0.220 e. The van der Waals surface area contributed by atoms with Crippen LogP contribution in [0.5, 0.6) is 0 Å². The summed E-state index contributed by atoms with van der Waals surface area (Å²) in [7, 11) is 0. The van der Waals surface area contributed by atoms with Gasteiger partial charge < -0.3 is 11.1 Å². The summed E-state index contributed by atoms with van der Waals surface area (Å²) in [4.78, 5) is 11.8. The van der Waals surface area contributed by atoms with E-state index in [1.54, 1.807) is 0 Å². The van der Waals surface area contributed by atoms with Gasteiger partial charge >= 0.3 is 0 Å². The van der Waals surface area contributed by atoms with Crippen LogP contribution in [0.15, 0.2) is 0 Å². The SMILES string of the molecule is CCC(=O)NC(C(N)=S)C1CCCCC1. The van der Waals surface area contributed by atoms with Crippen molar-refractivity contribution in [2.24, 2.45) is 11.7 Å². The Hall–Kier alpha value is -0.640. The highest BCUT2D eigenvalue weighted by Crippen LogP contribution is 2.26. The highest BCUT2D eigenvalue weighted by Gasteiger charge is 2.26. The molecule has 0 bridgehead atoms. The first-order valence-corrected chi connectivity index (χ1v) is 6.14. The normalized spacial score (nSPS) is 19.5. The largest absolute Gasteiger partial charge is 0.392 e. The Kier molecular flexibility index (Phi) is 5.02. The number of rotatable bonds is 4. The van der Waals surface area contributed by atoms with E-state index in [0.29, 0.717) is 17.3 Å². The second-order valence-corrected chi connectivity index (χ2v) is 4.67. The molecule has 0 spiro atoms. The Morgan fingerprint density at radius 1 is 1.47 bits per heavy atom. The van der Waals surface area contributed by atoms with Gasteiger partial charge in [-0.05, 0) is 18.8 Å². The summed E-state index contributed by atoms with van der Waals surface area (Å²) in [6.07, 6.45) is 6.50. The van der Waals surface area contributed by atoms with Gasteiger partial charge in [-0.1, -0.05) is 38.4 Å². The molecule has 1 aliphatic carbocycles. The van der Waals surface area contributed by atoms with Crippen LogP contribution in [0.3, 0.4) is 0 Å². The molecule has 4 heteroatoms. The third-order valence-electron chi connectivity index (χ3n) is 3.07. The number of amides is 1. The molecule has 1 amide bonds. The third-order valence-corrected chi connectivity index (χ3v) is 3.32. The maximum Gasteiger partial charge on any atom is 0.220 e. The molecule has 0 aromatic rings. The number of hydrogen-bond acceptors (Lipinski definition) is 2. The molecule has 0 aromatic carbocycles. The average molecular weight is 228 g/mol. The van der Waals surface area contributed by atoms with Crippen molar-refractivity contribution in [2.75, 3.05) is 0 Å². The van der Waals surface area contributed by atoms with Gasteiger partial charge in [0, 0.05) is 6.42 Å². The molecule has 3 nitrogen and oxygen atoms in total. The van der Waals surface area contributed by atoms with Gasteiger partial charge in [0.15, 0.2) is 0 Å². The number of carbonyl (C=O) groups excluding carboxylic acids is 1. The van der Waals surface area contributed by atoms with Crippen molar-refractivity contribution >= 4 is 23.1 Å². The van der Waals surface area contributed by atoms with Crippen molar-refractivity contribution in [3.8, 4) is 0 Å². The Balaban J connectivity index is 2.55.